The minimum absolute atomic E-state index is 0.0143. The molecule has 0 aliphatic carbocycles. The van der Waals surface area contributed by atoms with E-state index in [4.69, 9.17) is 9.47 Å². The molecule has 0 saturated carbocycles. The Labute approximate surface area is 116 Å². The molecule has 0 saturated heterocycles. The van der Waals surface area contributed by atoms with Crippen molar-refractivity contribution in [1.29, 1.82) is 0 Å². The fourth-order valence-corrected chi connectivity index (χ4v) is 1.75. The van der Waals surface area contributed by atoms with E-state index in [0.717, 1.165) is 0 Å². The van der Waals surface area contributed by atoms with E-state index in [0.29, 0.717) is 17.1 Å². The van der Waals surface area contributed by atoms with Crippen LogP contribution in [0.15, 0.2) is 42.5 Å². The molecule has 0 atom stereocenters. The van der Waals surface area contributed by atoms with E-state index in [1.807, 2.05) is 0 Å². The van der Waals surface area contributed by atoms with E-state index < -0.39 is 12.9 Å². The molecule has 2 N–H and O–H groups in total. The van der Waals surface area contributed by atoms with E-state index in [2.05, 4.69) is 0 Å². The van der Waals surface area contributed by atoms with Gasteiger partial charge in [0.1, 0.15) is 23.9 Å². The van der Waals surface area contributed by atoms with Crippen LogP contribution in [0.3, 0.4) is 0 Å². The second kappa shape index (κ2) is 6.41. The molecule has 2 aromatic rings. The molecule has 6 heteroatoms. The van der Waals surface area contributed by atoms with Gasteiger partial charge in [0.25, 0.3) is 0 Å². The zero-order chi connectivity index (χ0) is 14.5. The van der Waals surface area contributed by atoms with Crippen LogP contribution in [-0.4, -0.2) is 24.3 Å². The molecular formula is C14H14BFO4. The summed E-state index contributed by atoms with van der Waals surface area (Å²) in [5, 5.41) is 18.4. The van der Waals surface area contributed by atoms with Gasteiger partial charge in [-0.15, -0.1) is 0 Å². The monoisotopic (exact) mass is 276 g/mol. The van der Waals surface area contributed by atoms with Crippen LogP contribution in [0.5, 0.6) is 11.5 Å². The highest BCUT2D eigenvalue weighted by Crippen LogP contribution is 2.18. The van der Waals surface area contributed by atoms with Gasteiger partial charge in [0, 0.05) is 17.1 Å². The predicted octanol–water partition coefficient (Wildman–Crippen LogP) is 1.09. The highest BCUT2D eigenvalue weighted by Gasteiger charge is 2.16. The van der Waals surface area contributed by atoms with Gasteiger partial charge >= 0.3 is 7.12 Å². The van der Waals surface area contributed by atoms with Gasteiger partial charge in [-0.2, -0.15) is 0 Å². The van der Waals surface area contributed by atoms with Crippen LogP contribution in [0, 0.1) is 5.82 Å². The molecule has 0 amide bonds. The van der Waals surface area contributed by atoms with Crippen LogP contribution in [0.2, 0.25) is 0 Å². The Morgan fingerprint density at radius 1 is 1.15 bits per heavy atom. The number of para-hydroxylation sites is 1. The maximum atomic E-state index is 13.7. The molecular weight excluding hydrogens is 262 g/mol. The highest BCUT2D eigenvalue weighted by atomic mass is 19.1. The van der Waals surface area contributed by atoms with Gasteiger partial charge in [0.15, 0.2) is 0 Å². The molecule has 0 aliphatic rings. The topological polar surface area (TPSA) is 58.9 Å². The molecule has 0 bridgehead atoms. The number of rotatable bonds is 5. The zero-order valence-electron chi connectivity index (χ0n) is 10.9. The number of hydrogen-bond donors (Lipinski definition) is 2. The first-order chi connectivity index (χ1) is 9.61. The summed E-state index contributed by atoms with van der Waals surface area (Å²) in [7, 11) is -0.170. The van der Waals surface area contributed by atoms with Crippen LogP contribution < -0.4 is 14.9 Å². The molecule has 0 unspecified atom stereocenters. The highest BCUT2D eigenvalue weighted by molar-refractivity contribution is 6.59. The van der Waals surface area contributed by atoms with Crippen LogP contribution in [-0.2, 0) is 6.61 Å². The second-order valence-electron chi connectivity index (χ2n) is 4.16. The van der Waals surface area contributed by atoms with Crippen molar-refractivity contribution in [3.05, 3.63) is 53.8 Å². The van der Waals surface area contributed by atoms with Gasteiger partial charge < -0.3 is 19.5 Å². The minimum atomic E-state index is -1.63. The van der Waals surface area contributed by atoms with E-state index in [-0.39, 0.29) is 12.1 Å². The summed E-state index contributed by atoms with van der Waals surface area (Å²) in [6, 6.07) is 11.0. The molecule has 20 heavy (non-hydrogen) atoms. The molecule has 4 nitrogen and oxygen atoms in total. The number of halogens is 1. The van der Waals surface area contributed by atoms with Gasteiger partial charge in [-0.25, -0.2) is 4.39 Å². The van der Waals surface area contributed by atoms with Crippen molar-refractivity contribution in [2.24, 2.45) is 0 Å². The number of benzene rings is 2. The molecule has 2 rings (SSSR count). The summed E-state index contributed by atoms with van der Waals surface area (Å²) in [6.07, 6.45) is 0. The van der Waals surface area contributed by atoms with Gasteiger partial charge in [0.2, 0.25) is 0 Å². The maximum absolute atomic E-state index is 13.7. The fourth-order valence-electron chi connectivity index (χ4n) is 1.75. The van der Waals surface area contributed by atoms with Crippen LogP contribution in [0.1, 0.15) is 5.56 Å². The number of hydrogen-bond acceptors (Lipinski definition) is 4. The van der Waals surface area contributed by atoms with Crippen molar-refractivity contribution < 1.29 is 23.9 Å². The molecule has 0 aliphatic heterocycles. The smallest absolute Gasteiger partial charge is 0.492 e. The predicted molar refractivity (Wildman–Crippen MR) is 73.6 cm³/mol. The quantitative estimate of drug-likeness (QED) is 0.803. The van der Waals surface area contributed by atoms with E-state index >= 15 is 0 Å². The average molecular weight is 276 g/mol. The van der Waals surface area contributed by atoms with Gasteiger partial charge in [-0.05, 0) is 18.2 Å². The van der Waals surface area contributed by atoms with Crippen molar-refractivity contribution in [3.63, 3.8) is 0 Å². The summed E-state index contributed by atoms with van der Waals surface area (Å²) >= 11 is 0. The van der Waals surface area contributed by atoms with Crippen molar-refractivity contribution >= 4 is 12.6 Å². The Morgan fingerprint density at radius 2 is 1.90 bits per heavy atom. The van der Waals surface area contributed by atoms with Crippen LogP contribution in [0.25, 0.3) is 0 Å². The van der Waals surface area contributed by atoms with E-state index in [1.54, 1.807) is 30.3 Å². The summed E-state index contributed by atoms with van der Waals surface area (Å²) < 4.78 is 24.1. The Morgan fingerprint density at radius 3 is 2.55 bits per heavy atom. The molecule has 0 fully saturated rings. The Kier molecular flexibility index (Phi) is 4.60. The van der Waals surface area contributed by atoms with Gasteiger partial charge in [-0.3, -0.25) is 0 Å². The molecule has 2 aromatic carbocycles. The summed E-state index contributed by atoms with van der Waals surface area (Å²) in [6.45, 7) is -0.0143. The largest absolute Gasteiger partial charge is 0.497 e. The van der Waals surface area contributed by atoms with Gasteiger partial charge in [0.05, 0.1) is 7.11 Å². The van der Waals surface area contributed by atoms with Crippen LogP contribution >= 0.6 is 0 Å². The summed E-state index contributed by atoms with van der Waals surface area (Å²) in [4.78, 5) is 0. The summed E-state index contributed by atoms with van der Waals surface area (Å²) in [5.74, 6) is 0.293. The van der Waals surface area contributed by atoms with Crippen molar-refractivity contribution in [2.45, 2.75) is 6.61 Å². The lowest BCUT2D eigenvalue weighted by Gasteiger charge is -2.11. The first kappa shape index (κ1) is 14.4. The van der Waals surface area contributed by atoms with E-state index in [1.165, 1.54) is 19.2 Å². The Bertz CT molecular complexity index is 589. The molecule has 104 valence electrons. The maximum Gasteiger partial charge on any atom is 0.492 e. The number of methoxy groups -OCH3 is 1. The molecule has 0 radical (unpaired) electrons. The first-order valence-electron chi connectivity index (χ1n) is 6.02. The molecule has 0 spiro atoms. The fraction of sp³-hybridized carbons (Fsp3) is 0.143. The van der Waals surface area contributed by atoms with Crippen molar-refractivity contribution in [3.8, 4) is 11.5 Å². The van der Waals surface area contributed by atoms with Gasteiger partial charge in [-0.1, -0.05) is 18.2 Å². The third-order valence-electron chi connectivity index (χ3n) is 2.84. The lowest BCUT2D eigenvalue weighted by atomic mass is 9.79. The third kappa shape index (κ3) is 3.29. The standard InChI is InChI=1S/C14H14BFO4/c1-19-11-7-6-10(13(16)8-11)9-20-14-5-3-2-4-12(14)15(17)18/h2-8,17-18H,9H2,1H3. The summed E-state index contributed by atoms with van der Waals surface area (Å²) in [5.41, 5.74) is 0.592. The minimum Gasteiger partial charge on any atom is -0.497 e. The molecule has 0 aromatic heterocycles. The first-order valence-corrected chi connectivity index (χ1v) is 6.02. The zero-order valence-corrected chi connectivity index (χ0v) is 10.9. The average Bonchev–Trinajstić information content (AvgIpc) is 2.46. The van der Waals surface area contributed by atoms with Crippen molar-refractivity contribution in [2.75, 3.05) is 7.11 Å². The normalized spacial score (nSPS) is 10.2. The molecule has 0 heterocycles. The second-order valence-corrected chi connectivity index (χ2v) is 4.16. The number of ether oxygens (including phenoxy) is 2. The lowest BCUT2D eigenvalue weighted by molar-refractivity contribution is 0.300. The SMILES string of the molecule is COc1ccc(COc2ccccc2B(O)O)c(F)c1. The third-order valence-corrected chi connectivity index (χ3v) is 2.84. The lowest BCUT2D eigenvalue weighted by Crippen LogP contribution is -2.31. The van der Waals surface area contributed by atoms with Crippen LogP contribution in [0.4, 0.5) is 4.39 Å². The van der Waals surface area contributed by atoms with E-state index in [9.17, 15) is 14.4 Å². The Balaban J connectivity index is 2.13. The Hall–Kier alpha value is -2.05. The van der Waals surface area contributed by atoms with Crippen molar-refractivity contribution in [1.82, 2.24) is 0 Å².